The fourth-order valence-electron chi connectivity index (χ4n) is 2.93. The van der Waals surface area contributed by atoms with Gasteiger partial charge >= 0.3 is 0 Å². The highest BCUT2D eigenvalue weighted by Gasteiger charge is 2.15. The molecule has 7 heteroatoms. The molecule has 7 nitrogen and oxygen atoms in total. The first-order valence-corrected chi connectivity index (χ1v) is 9.57. The number of hydrogen-bond acceptors (Lipinski definition) is 5. The molecule has 0 saturated heterocycles. The second-order valence-corrected chi connectivity index (χ2v) is 6.75. The molecule has 154 valence electrons. The van der Waals surface area contributed by atoms with Crippen LogP contribution < -0.4 is 10.6 Å². The van der Waals surface area contributed by atoms with E-state index in [0.29, 0.717) is 11.1 Å². The zero-order chi connectivity index (χ0) is 21.6. The Balaban J connectivity index is 1.35. The Morgan fingerprint density at radius 3 is 2.32 bits per heavy atom. The average molecular weight is 413 g/mol. The maximum absolute atomic E-state index is 12.4. The standard InChI is InChI=1S/C24H19N3O4/c28-21-9-5-4-8-19(21)24-27-20(15-31-24)23(30)25-14-16-10-12-17(13-11-16)22(29)26-18-6-2-1-3-7-18/h1-13,15,28H,14H2,(H,25,30)(H,26,29). The summed E-state index contributed by atoms with van der Waals surface area (Å²) in [6.45, 7) is 0.262. The zero-order valence-electron chi connectivity index (χ0n) is 16.4. The zero-order valence-corrected chi connectivity index (χ0v) is 16.4. The van der Waals surface area contributed by atoms with Crippen molar-refractivity contribution in [3.05, 3.63) is 102 Å². The fraction of sp³-hybridized carbons (Fsp3) is 0.0417. The molecule has 0 atom stereocenters. The summed E-state index contributed by atoms with van der Waals surface area (Å²) in [6.07, 6.45) is 1.24. The van der Waals surface area contributed by atoms with Crippen LogP contribution in [0.4, 0.5) is 5.69 Å². The quantitative estimate of drug-likeness (QED) is 0.439. The number of para-hydroxylation sites is 2. The molecule has 0 fully saturated rings. The SMILES string of the molecule is O=C(Nc1ccccc1)c1ccc(CNC(=O)c2coc(-c3ccccc3O)n2)cc1. The summed E-state index contributed by atoms with van der Waals surface area (Å²) in [5.74, 6) is -0.429. The molecule has 1 aromatic heterocycles. The molecule has 4 rings (SSSR count). The number of nitrogens with one attached hydrogen (secondary N) is 2. The van der Waals surface area contributed by atoms with Gasteiger partial charge in [-0.1, -0.05) is 42.5 Å². The molecule has 0 unspecified atom stereocenters. The summed E-state index contributed by atoms with van der Waals surface area (Å²) in [7, 11) is 0. The summed E-state index contributed by atoms with van der Waals surface area (Å²) < 4.78 is 5.32. The van der Waals surface area contributed by atoms with Crippen molar-refractivity contribution in [2.75, 3.05) is 5.32 Å². The van der Waals surface area contributed by atoms with Crippen molar-refractivity contribution in [3.8, 4) is 17.2 Å². The number of carbonyl (C=O) groups excluding carboxylic acids is 2. The molecule has 3 N–H and O–H groups in total. The van der Waals surface area contributed by atoms with Gasteiger partial charge in [0.2, 0.25) is 5.89 Å². The molecule has 0 aliphatic carbocycles. The minimum atomic E-state index is -0.406. The van der Waals surface area contributed by atoms with E-state index in [4.69, 9.17) is 4.42 Å². The van der Waals surface area contributed by atoms with E-state index < -0.39 is 5.91 Å². The van der Waals surface area contributed by atoms with Crippen LogP contribution in [0, 0.1) is 0 Å². The molecule has 31 heavy (non-hydrogen) atoms. The molecule has 1 heterocycles. The van der Waals surface area contributed by atoms with Gasteiger partial charge in [0.05, 0.1) is 5.56 Å². The van der Waals surface area contributed by atoms with Crippen molar-refractivity contribution >= 4 is 17.5 Å². The maximum Gasteiger partial charge on any atom is 0.273 e. The van der Waals surface area contributed by atoms with Gasteiger partial charge in [0, 0.05) is 17.8 Å². The largest absolute Gasteiger partial charge is 0.507 e. The van der Waals surface area contributed by atoms with Crippen LogP contribution >= 0.6 is 0 Å². The van der Waals surface area contributed by atoms with E-state index in [1.165, 1.54) is 12.3 Å². The number of carbonyl (C=O) groups is 2. The van der Waals surface area contributed by atoms with Crippen LogP contribution in [0.25, 0.3) is 11.5 Å². The second-order valence-electron chi connectivity index (χ2n) is 6.75. The van der Waals surface area contributed by atoms with E-state index in [9.17, 15) is 14.7 Å². The van der Waals surface area contributed by atoms with Gasteiger partial charge < -0.3 is 20.2 Å². The predicted molar refractivity (Wildman–Crippen MR) is 116 cm³/mol. The van der Waals surface area contributed by atoms with Gasteiger partial charge in [-0.25, -0.2) is 4.98 Å². The first-order valence-electron chi connectivity index (χ1n) is 9.57. The summed E-state index contributed by atoms with van der Waals surface area (Å²) in [5.41, 5.74) is 2.58. The minimum absolute atomic E-state index is 0.0210. The van der Waals surface area contributed by atoms with Gasteiger partial charge in [-0.15, -0.1) is 0 Å². The van der Waals surface area contributed by atoms with Crippen LogP contribution in [0.3, 0.4) is 0 Å². The lowest BCUT2D eigenvalue weighted by Gasteiger charge is -2.07. The van der Waals surface area contributed by atoms with Gasteiger partial charge in [-0.2, -0.15) is 0 Å². The van der Waals surface area contributed by atoms with E-state index in [1.54, 1.807) is 42.5 Å². The van der Waals surface area contributed by atoms with E-state index in [2.05, 4.69) is 15.6 Å². The van der Waals surface area contributed by atoms with Crippen LogP contribution in [0.15, 0.2) is 89.5 Å². The van der Waals surface area contributed by atoms with Gasteiger partial charge in [-0.05, 0) is 42.0 Å². The van der Waals surface area contributed by atoms with Gasteiger partial charge in [0.15, 0.2) is 5.69 Å². The van der Waals surface area contributed by atoms with Gasteiger partial charge in [-0.3, -0.25) is 9.59 Å². The van der Waals surface area contributed by atoms with Crippen molar-refractivity contribution in [2.45, 2.75) is 6.54 Å². The summed E-state index contributed by atoms with van der Waals surface area (Å²) in [6, 6.07) is 22.8. The van der Waals surface area contributed by atoms with Crippen molar-refractivity contribution in [3.63, 3.8) is 0 Å². The average Bonchev–Trinajstić information content (AvgIpc) is 3.29. The van der Waals surface area contributed by atoms with Crippen LogP contribution in [-0.4, -0.2) is 21.9 Å². The first-order chi connectivity index (χ1) is 15.1. The molecule has 0 bridgehead atoms. The third kappa shape index (κ3) is 4.79. The molecular weight excluding hydrogens is 394 g/mol. The first kappa shape index (κ1) is 19.9. The molecule has 0 radical (unpaired) electrons. The molecular formula is C24H19N3O4. The van der Waals surface area contributed by atoms with E-state index >= 15 is 0 Å². The highest BCUT2D eigenvalue weighted by atomic mass is 16.3. The van der Waals surface area contributed by atoms with Crippen LogP contribution in [0.2, 0.25) is 0 Å². The van der Waals surface area contributed by atoms with Gasteiger partial charge in [0.1, 0.15) is 12.0 Å². The third-order valence-corrected chi connectivity index (χ3v) is 4.57. The number of oxazole rings is 1. The number of anilines is 1. The number of aromatic nitrogens is 1. The highest BCUT2D eigenvalue weighted by Crippen LogP contribution is 2.27. The Hall–Kier alpha value is -4.39. The van der Waals surface area contributed by atoms with Crippen molar-refractivity contribution in [1.29, 1.82) is 0 Å². The molecule has 0 saturated carbocycles. The Labute approximate surface area is 178 Å². The van der Waals surface area contributed by atoms with Crippen molar-refractivity contribution < 1.29 is 19.1 Å². The summed E-state index contributed by atoms with van der Waals surface area (Å²) in [4.78, 5) is 28.8. The Kier molecular flexibility index (Phi) is 5.75. The number of nitrogens with zero attached hydrogens (tertiary/aromatic N) is 1. The number of phenols is 1. The van der Waals surface area contributed by atoms with E-state index in [1.807, 2.05) is 30.3 Å². The predicted octanol–water partition coefficient (Wildman–Crippen LogP) is 4.23. The molecule has 4 aromatic rings. The van der Waals surface area contributed by atoms with Crippen molar-refractivity contribution in [2.24, 2.45) is 0 Å². The monoisotopic (exact) mass is 413 g/mol. The second kappa shape index (κ2) is 8.96. The Bertz CT molecular complexity index is 1200. The number of amides is 2. The number of hydrogen-bond donors (Lipinski definition) is 3. The van der Waals surface area contributed by atoms with Crippen molar-refractivity contribution in [1.82, 2.24) is 10.3 Å². The number of aromatic hydroxyl groups is 1. The third-order valence-electron chi connectivity index (χ3n) is 4.57. The molecule has 0 spiro atoms. The highest BCUT2D eigenvalue weighted by molar-refractivity contribution is 6.04. The summed E-state index contributed by atoms with van der Waals surface area (Å²) >= 11 is 0. The maximum atomic E-state index is 12.4. The molecule has 0 aliphatic rings. The number of rotatable bonds is 6. The van der Waals surface area contributed by atoms with Crippen LogP contribution in [0.5, 0.6) is 5.75 Å². The molecule has 2 amide bonds. The molecule has 3 aromatic carbocycles. The number of benzene rings is 3. The Morgan fingerprint density at radius 2 is 1.58 bits per heavy atom. The van der Waals surface area contributed by atoms with Gasteiger partial charge in [0.25, 0.3) is 11.8 Å². The molecule has 0 aliphatic heterocycles. The minimum Gasteiger partial charge on any atom is -0.507 e. The topological polar surface area (TPSA) is 104 Å². The Morgan fingerprint density at radius 1 is 0.871 bits per heavy atom. The normalized spacial score (nSPS) is 10.5. The van der Waals surface area contributed by atoms with E-state index in [0.717, 1.165) is 11.3 Å². The number of phenolic OH excluding ortho intramolecular Hbond substituents is 1. The van der Waals surface area contributed by atoms with Crippen LogP contribution in [-0.2, 0) is 6.54 Å². The van der Waals surface area contributed by atoms with Crippen LogP contribution in [0.1, 0.15) is 26.4 Å². The smallest absolute Gasteiger partial charge is 0.273 e. The summed E-state index contributed by atoms with van der Waals surface area (Å²) in [5, 5.41) is 15.5. The fourth-order valence-corrected chi connectivity index (χ4v) is 2.93. The lowest BCUT2D eigenvalue weighted by Crippen LogP contribution is -2.23. The lowest BCUT2D eigenvalue weighted by atomic mass is 10.1. The van der Waals surface area contributed by atoms with E-state index in [-0.39, 0.29) is 29.8 Å². The lowest BCUT2D eigenvalue weighted by molar-refractivity contribution is 0.0945.